The highest BCUT2D eigenvalue weighted by molar-refractivity contribution is 7.80. The first-order chi connectivity index (χ1) is 11.9. The van der Waals surface area contributed by atoms with Crippen molar-refractivity contribution in [2.24, 2.45) is 0 Å². The number of thiocarbonyl (C=S) groups is 1. The number of carbonyl (C=O) groups is 1. The van der Waals surface area contributed by atoms with E-state index in [0.29, 0.717) is 17.3 Å². The fourth-order valence-corrected chi connectivity index (χ4v) is 2.85. The van der Waals surface area contributed by atoms with Crippen LogP contribution < -0.4 is 10.6 Å². The van der Waals surface area contributed by atoms with E-state index in [2.05, 4.69) is 29.4 Å². The molecule has 0 aromatic heterocycles. The maximum absolute atomic E-state index is 11.6. The van der Waals surface area contributed by atoms with Crippen LogP contribution in [-0.4, -0.2) is 61.0 Å². The molecule has 0 radical (unpaired) electrons. The molecule has 2 N–H and O–H groups in total. The van der Waals surface area contributed by atoms with Crippen molar-refractivity contribution < 1.29 is 14.3 Å². The zero-order chi connectivity index (χ0) is 18.3. The van der Waals surface area contributed by atoms with Crippen LogP contribution in [0.25, 0.3) is 0 Å². The number of hydrogen-bond acceptors (Lipinski definition) is 5. The molecule has 1 aliphatic rings. The van der Waals surface area contributed by atoms with Crippen molar-refractivity contribution in [2.75, 3.05) is 44.8 Å². The number of nitrogens with one attached hydrogen (secondary N) is 2. The van der Waals surface area contributed by atoms with E-state index >= 15 is 0 Å². The molecule has 1 fully saturated rings. The monoisotopic (exact) mass is 365 g/mol. The predicted octanol–water partition coefficient (Wildman–Crippen LogP) is 2.26. The van der Waals surface area contributed by atoms with Crippen LogP contribution in [0.2, 0.25) is 0 Å². The Morgan fingerprint density at radius 3 is 2.52 bits per heavy atom. The van der Waals surface area contributed by atoms with Crippen molar-refractivity contribution in [3.63, 3.8) is 0 Å². The Balaban J connectivity index is 1.82. The lowest BCUT2D eigenvalue weighted by Gasteiger charge is -2.41. The van der Waals surface area contributed by atoms with Crippen LogP contribution in [0.5, 0.6) is 0 Å². The summed E-state index contributed by atoms with van der Waals surface area (Å²) in [6, 6.07) is 7.07. The van der Waals surface area contributed by atoms with Crippen LogP contribution in [0.3, 0.4) is 0 Å². The van der Waals surface area contributed by atoms with Crippen molar-refractivity contribution in [2.45, 2.75) is 26.3 Å². The van der Waals surface area contributed by atoms with E-state index in [4.69, 9.17) is 21.7 Å². The van der Waals surface area contributed by atoms with E-state index in [1.807, 2.05) is 12.1 Å². The largest absolute Gasteiger partial charge is 0.462 e. The van der Waals surface area contributed by atoms with Gasteiger partial charge in [-0.05, 0) is 57.3 Å². The third kappa shape index (κ3) is 5.95. The summed E-state index contributed by atoms with van der Waals surface area (Å²) in [7, 11) is 0. The van der Waals surface area contributed by atoms with Gasteiger partial charge in [0.2, 0.25) is 0 Å². The van der Waals surface area contributed by atoms with Crippen molar-refractivity contribution >= 4 is 29.0 Å². The van der Waals surface area contributed by atoms with Crippen LogP contribution in [0, 0.1) is 0 Å². The molecule has 1 aliphatic heterocycles. The Kier molecular flexibility index (Phi) is 7.16. The second-order valence-corrected chi connectivity index (χ2v) is 6.93. The lowest BCUT2D eigenvalue weighted by atomic mass is 10.0. The highest BCUT2D eigenvalue weighted by Gasteiger charge is 2.28. The number of esters is 1. The fourth-order valence-electron chi connectivity index (χ4n) is 2.66. The van der Waals surface area contributed by atoms with E-state index in [1.54, 1.807) is 19.1 Å². The highest BCUT2D eigenvalue weighted by Crippen LogP contribution is 2.15. The lowest BCUT2D eigenvalue weighted by molar-refractivity contribution is -0.00823. The van der Waals surface area contributed by atoms with Crippen LogP contribution in [0.4, 0.5) is 5.69 Å². The number of carbonyl (C=O) groups excluding carboxylic acids is 1. The maximum Gasteiger partial charge on any atom is 0.338 e. The molecule has 0 atom stereocenters. The maximum atomic E-state index is 11.6. The van der Waals surface area contributed by atoms with Gasteiger partial charge in [-0.1, -0.05) is 0 Å². The average molecular weight is 365 g/mol. The Labute approximate surface area is 154 Å². The average Bonchev–Trinajstić information content (AvgIpc) is 2.62. The summed E-state index contributed by atoms with van der Waals surface area (Å²) in [5.74, 6) is -0.318. The van der Waals surface area contributed by atoms with Crippen LogP contribution in [-0.2, 0) is 9.47 Å². The van der Waals surface area contributed by atoms with E-state index in [-0.39, 0.29) is 11.5 Å². The number of ether oxygens (including phenoxy) is 2. The van der Waals surface area contributed by atoms with E-state index in [1.165, 1.54) is 0 Å². The highest BCUT2D eigenvalue weighted by atomic mass is 32.1. The molecular formula is C18H27N3O3S. The molecule has 1 heterocycles. The number of rotatable bonds is 6. The molecule has 6 nitrogen and oxygen atoms in total. The quantitative estimate of drug-likeness (QED) is 0.592. The van der Waals surface area contributed by atoms with Gasteiger partial charge in [0.1, 0.15) is 0 Å². The Morgan fingerprint density at radius 1 is 1.28 bits per heavy atom. The van der Waals surface area contributed by atoms with Gasteiger partial charge >= 0.3 is 5.97 Å². The first-order valence-electron chi connectivity index (χ1n) is 8.57. The molecule has 1 aromatic rings. The van der Waals surface area contributed by atoms with Gasteiger partial charge in [-0.2, -0.15) is 0 Å². The van der Waals surface area contributed by atoms with Crippen LogP contribution in [0.1, 0.15) is 31.1 Å². The number of nitrogens with zero attached hydrogens (tertiary/aromatic N) is 1. The third-order valence-electron chi connectivity index (χ3n) is 4.20. The molecule has 25 heavy (non-hydrogen) atoms. The van der Waals surface area contributed by atoms with Crippen molar-refractivity contribution in [3.8, 4) is 0 Å². The molecule has 0 unspecified atom stereocenters. The molecular weight excluding hydrogens is 338 g/mol. The van der Waals surface area contributed by atoms with E-state index in [9.17, 15) is 4.79 Å². The minimum atomic E-state index is -0.318. The summed E-state index contributed by atoms with van der Waals surface area (Å²) in [5.41, 5.74) is 1.35. The molecule has 1 aromatic carbocycles. The Bertz CT molecular complexity index is 584. The molecule has 0 amide bonds. The first kappa shape index (κ1) is 19.6. The van der Waals surface area contributed by atoms with Gasteiger partial charge in [-0.15, -0.1) is 0 Å². The summed E-state index contributed by atoms with van der Waals surface area (Å²) in [4.78, 5) is 14.1. The predicted molar refractivity (Wildman–Crippen MR) is 103 cm³/mol. The van der Waals surface area contributed by atoms with E-state index in [0.717, 1.165) is 38.5 Å². The minimum absolute atomic E-state index is 0.0106. The standard InChI is InChI=1S/C18H27N3O3S/c1-4-24-16(22)14-5-7-15(8-6-14)20-17(25)19-13-18(2,3)21-9-11-23-12-10-21/h5-8H,4,9-13H2,1-3H3,(H2,19,20,25). The zero-order valence-electron chi connectivity index (χ0n) is 15.1. The second-order valence-electron chi connectivity index (χ2n) is 6.52. The van der Waals surface area contributed by atoms with Crippen molar-refractivity contribution in [1.82, 2.24) is 10.2 Å². The van der Waals surface area contributed by atoms with Crippen LogP contribution in [0.15, 0.2) is 24.3 Å². The molecule has 1 saturated heterocycles. The number of anilines is 1. The molecule has 7 heteroatoms. The molecule has 138 valence electrons. The number of benzene rings is 1. The molecule has 0 bridgehead atoms. The number of hydrogen-bond donors (Lipinski definition) is 2. The van der Waals surface area contributed by atoms with Crippen molar-refractivity contribution in [1.29, 1.82) is 0 Å². The van der Waals surface area contributed by atoms with Crippen LogP contribution >= 0.6 is 12.2 Å². The molecule has 2 rings (SSSR count). The smallest absolute Gasteiger partial charge is 0.338 e. The van der Waals surface area contributed by atoms with Gasteiger partial charge in [0.25, 0.3) is 0 Å². The summed E-state index contributed by atoms with van der Waals surface area (Å²) < 4.78 is 10.4. The summed E-state index contributed by atoms with van der Waals surface area (Å²) in [5, 5.41) is 6.97. The summed E-state index contributed by atoms with van der Waals surface area (Å²) in [6.07, 6.45) is 0. The summed E-state index contributed by atoms with van der Waals surface area (Å²) in [6.45, 7) is 10.7. The van der Waals surface area contributed by atoms with E-state index < -0.39 is 0 Å². The van der Waals surface area contributed by atoms with Gasteiger partial charge in [0.15, 0.2) is 5.11 Å². The first-order valence-corrected chi connectivity index (χ1v) is 8.98. The third-order valence-corrected chi connectivity index (χ3v) is 4.45. The number of morpholine rings is 1. The SMILES string of the molecule is CCOC(=O)c1ccc(NC(=S)NCC(C)(C)N2CCOCC2)cc1. The molecule has 0 spiro atoms. The lowest BCUT2D eigenvalue weighted by Crippen LogP contribution is -2.55. The Morgan fingerprint density at radius 2 is 1.92 bits per heavy atom. The second kappa shape index (κ2) is 9.12. The van der Waals surface area contributed by atoms with Gasteiger partial charge in [0.05, 0.1) is 25.4 Å². The topological polar surface area (TPSA) is 62.8 Å². The van der Waals surface area contributed by atoms with Gasteiger partial charge < -0.3 is 20.1 Å². The van der Waals surface area contributed by atoms with Gasteiger partial charge in [-0.25, -0.2) is 4.79 Å². The van der Waals surface area contributed by atoms with Crippen molar-refractivity contribution in [3.05, 3.63) is 29.8 Å². The minimum Gasteiger partial charge on any atom is -0.462 e. The normalized spacial score (nSPS) is 15.5. The molecule has 0 saturated carbocycles. The zero-order valence-corrected chi connectivity index (χ0v) is 15.9. The molecule has 0 aliphatic carbocycles. The van der Waals surface area contributed by atoms with Gasteiger partial charge in [0, 0.05) is 30.9 Å². The fraction of sp³-hybridized carbons (Fsp3) is 0.556. The van der Waals surface area contributed by atoms with Gasteiger partial charge in [-0.3, -0.25) is 4.90 Å². The summed E-state index contributed by atoms with van der Waals surface area (Å²) >= 11 is 5.37. The Hall–Kier alpha value is -1.70.